The third kappa shape index (κ3) is 1.69. The van der Waals surface area contributed by atoms with E-state index >= 15 is 0 Å². The van der Waals surface area contributed by atoms with Crippen molar-refractivity contribution in [2.75, 3.05) is 5.73 Å². The number of rotatable bonds is 0. The monoisotopic (exact) mass is 184 g/mol. The Morgan fingerprint density at radius 3 is 2.58 bits per heavy atom. The Morgan fingerprint density at radius 1 is 1.17 bits per heavy atom. The number of aryl methyl sites for hydroxylation is 2. The van der Waals surface area contributed by atoms with Crippen LogP contribution in [0.4, 0.5) is 5.82 Å². The van der Waals surface area contributed by atoms with Gasteiger partial charge in [0.2, 0.25) is 0 Å². The Labute approximate surface area is 78.6 Å². The molecular weight excluding hydrogens is 172 g/mol. The number of fused-ring (bicyclic) bond motifs is 1. The summed E-state index contributed by atoms with van der Waals surface area (Å²) in [5, 5.41) is 0. The van der Waals surface area contributed by atoms with Crippen molar-refractivity contribution in [3.8, 4) is 0 Å². The summed E-state index contributed by atoms with van der Waals surface area (Å²) >= 11 is 0. The number of anilines is 1. The molecule has 1 aromatic heterocycles. The Kier molecular flexibility index (Phi) is 2.93. The van der Waals surface area contributed by atoms with Gasteiger partial charge in [0.05, 0.1) is 0 Å². The molecular formula is C9H13ClN2. The van der Waals surface area contributed by atoms with Gasteiger partial charge in [0.25, 0.3) is 0 Å². The van der Waals surface area contributed by atoms with E-state index in [1.165, 1.54) is 36.8 Å². The number of hydrogen-bond donors (Lipinski definition) is 1. The van der Waals surface area contributed by atoms with Gasteiger partial charge in [-0.25, -0.2) is 4.98 Å². The van der Waals surface area contributed by atoms with Gasteiger partial charge in [0, 0.05) is 6.20 Å². The fourth-order valence-electron chi connectivity index (χ4n) is 1.63. The van der Waals surface area contributed by atoms with Crippen LogP contribution in [0.3, 0.4) is 0 Å². The van der Waals surface area contributed by atoms with Crippen LogP contribution in [0.15, 0.2) is 12.3 Å². The van der Waals surface area contributed by atoms with Crippen molar-refractivity contribution in [2.24, 2.45) is 0 Å². The zero-order valence-electron chi connectivity index (χ0n) is 6.92. The van der Waals surface area contributed by atoms with E-state index in [0.29, 0.717) is 5.82 Å². The number of nitrogen functional groups attached to an aromatic ring is 1. The van der Waals surface area contributed by atoms with E-state index < -0.39 is 0 Å². The summed E-state index contributed by atoms with van der Waals surface area (Å²) in [6, 6.07) is 2.01. The lowest BCUT2D eigenvalue weighted by molar-refractivity contribution is 0.683. The lowest BCUT2D eigenvalue weighted by atomic mass is 9.93. The Balaban J connectivity index is 0.000000720. The normalized spacial score (nSPS) is 14.7. The molecule has 0 saturated carbocycles. The minimum absolute atomic E-state index is 0. The van der Waals surface area contributed by atoms with Crippen LogP contribution in [0.25, 0.3) is 0 Å². The maximum Gasteiger partial charge on any atom is 0.123 e. The van der Waals surface area contributed by atoms with Gasteiger partial charge in [-0.2, -0.15) is 0 Å². The molecule has 1 heterocycles. The lowest BCUT2D eigenvalue weighted by Crippen LogP contribution is -2.04. The second kappa shape index (κ2) is 3.76. The molecule has 0 aromatic carbocycles. The van der Waals surface area contributed by atoms with Gasteiger partial charge in [0.1, 0.15) is 5.82 Å². The average molecular weight is 185 g/mol. The van der Waals surface area contributed by atoms with Crippen LogP contribution in [0.2, 0.25) is 0 Å². The number of aromatic nitrogens is 1. The largest absolute Gasteiger partial charge is 0.384 e. The molecule has 0 unspecified atom stereocenters. The highest BCUT2D eigenvalue weighted by molar-refractivity contribution is 5.85. The first-order valence-corrected chi connectivity index (χ1v) is 4.09. The van der Waals surface area contributed by atoms with E-state index in [9.17, 15) is 0 Å². The van der Waals surface area contributed by atoms with Crippen molar-refractivity contribution in [3.05, 3.63) is 23.4 Å². The summed E-state index contributed by atoms with van der Waals surface area (Å²) in [6.45, 7) is 0. The van der Waals surface area contributed by atoms with Crippen molar-refractivity contribution >= 4 is 18.2 Å². The molecule has 0 bridgehead atoms. The minimum Gasteiger partial charge on any atom is -0.384 e. The highest BCUT2D eigenvalue weighted by Gasteiger charge is 2.08. The third-order valence-corrected chi connectivity index (χ3v) is 2.25. The molecule has 2 nitrogen and oxygen atoms in total. The van der Waals surface area contributed by atoms with Gasteiger partial charge >= 0.3 is 0 Å². The van der Waals surface area contributed by atoms with Crippen LogP contribution in [0.5, 0.6) is 0 Å². The minimum atomic E-state index is 0. The molecule has 1 aliphatic carbocycles. The molecule has 66 valence electrons. The molecule has 0 radical (unpaired) electrons. The number of hydrogen-bond acceptors (Lipinski definition) is 2. The van der Waals surface area contributed by atoms with Crippen LogP contribution in [0, 0.1) is 0 Å². The van der Waals surface area contributed by atoms with Gasteiger partial charge in [-0.15, -0.1) is 12.4 Å². The zero-order valence-corrected chi connectivity index (χ0v) is 7.73. The predicted molar refractivity (Wildman–Crippen MR) is 52.5 cm³/mol. The molecule has 0 fully saturated rings. The van der Waals surface area contributed by atoms with E-state index in [2.05, 4.69) is 4.98 Å². The van der Waals surface area contributed by atoms with Crippen molar-refractivity contribution in [2.45, 2.75) is 25.7 Å². The summed E-state index contributed by atoms with van der Waals surface area (Å²) in [5.74, 6) is 0.658. The molecule has 0 amide bonds. The van der Waals surface area contributed by atoms with Crippen LogP contribution < -0.4 is 5.73 Å². The second-order valence-electron chi connectivity index (χ2n) is 3.08. The summed E-state index contributed by atoms with van der Waals surface area (Å²) in [7, 11) is 0. The number of nitrogens with two attached hydrogens (primary N) is 1. The van der Waals surface area contributed by atoms with Gasteiger partial charge in [-0.05, 0) is 42.9 Å². The molecule has 0 saturated heterocycles. The topological polar surface area (TPSA) is 38.9 Å². The Morgan fingerprint density at radius 2 is 1.83 bits per heavy atom. The van der Waals surface area contributed by atoms with Crippen molar-refractivity contribution in [1.29, 1.82) is 0 Å². The SMILES string of the molecule is Cl.Nc1cc2c(cn1)CCCC2. The van der Waals surface area contributed by atoms with E-state index in [0.717, 1.165) is 0 Å². The first-order valence-electron chi connectivity index (χ1n) is 4.09. The average Bonchev–Trinajstić information content (AvgIpc) is 2.04. The van der Waals surface area contributed by atoms with E-state index in [4.69, 9.17) is 5.73 Å². The van der Waals surface area contributed by atoms with Crippen LogP contribution in [0.1, 0.15) is 24.0 Å². The van der Waals surface area contributed by atoms with Crippen molar-refractivity contribution in [1.82, 2.24) is 4.98 Å². The fourth-order valence-corrected chi connectivity index (χ4v) is 1.63. The maximum atomic E-state index is 5.57. The maximum absolute atomic E-state index is 5.57. The molecule has 12 heavy (non-hydrogen) atoms. The molecule has 3 heteroatoms. The summed E-state index contributed by atoms with van der Waals surface area (Å²) in [6.07, 6.45) is 6.89. The predicted octanol–water partition coefficient (Wildman–Crippen LogP) is 1.96. The first kappa shape index (κ1) is 9.33. The van der Waals surface area contributed by atoms with E-state index in [-0.39, 0.29) is 12.4 Å². The number of nitrogens with zero attached hydrogens (tertiary/aromatic N) is 1. The molecule has 0 aliphatic heterocycles. The van der Waals surface area contributed by atoms with Crippen LogP contribution in [-0.4, -0.2) is 4.98 Å². The van der Waals surface area contributed by atoms with E-state index in [1.54, 1.807) is 0 Å². The Hall–Kier alpha value is -0.760. The van der Waals surface area contributed by atoms with Crippen LogP contribution >= 0.6 is 12.4 Å². The van der Waals surface area contributed by atoms with Gasteiger partial charge < -0.3 is 5.73 Å². The molecule has 1 aromatic rings. The summed E-state index contributed by atoms with van der Waals surface area (Å²) < 4.78 is 0. The van der Waals surface area contributed by atoms with Gasteiger partial charge in [-0.3, -0.25) is 0 Å². The second-order valence-corrected chi connectivity index (χ2v) is 3.08. The molecule has 0 spiro atoms. The molecule has 2 rings (SSSR count). The summed E-state index contributed by atoms with van der Waals surface area (Å²) in [4.78, 5) is 4.07. The smallest absolute Gasteiger partial charge is 0.123 e. The van der Waals surface area contributed by atoms with Gasteiger partial charge in [-0.1, -0.05) is 0 Å². The lowest BCUT2D eigenvalue weighted by Gasteiger charge is -2.14. The highest BCUT2D eigenvalue weighted by atomic mass is 35.5. The Bertz CT molecular complexity index is 273. The molecule has 1 aliphatic rings. The molecule has 0 atom stereocenters. The third-order valence-electron chi connectivity index (χ3n) is 2.25. The van der Waals surface area contributed by atoms with Crippen molar-refractivity contribution in [3.63, 3.8) is 0 Å². The molecule has 2 N–H and O–H groups in total. The standard InChI is InChI=1S/C9H12N2.ClH/c10-9-5-7-3-1-2-4-8(7)6-11-9;/h5-6H,1-4H2,(H2,10,11);1H. The highest BCUT2D eigenvalue weighted by Crippen LogP contribution is 2.20. The van der Waals surface area contributed by atoms with Crippen LogP contribution in [-0.2, 0) is 12.8 Å². The number of halogens is 1. The summed E-state index contributed by atoms with van der Waals surface area (Å²) in [5.41, 5.74) is 8.37. The zero-order chi connectivity index (χ0) is 7.68. The number of pyridine rings is 1. The van der Waals surface area contributed by atoms with Gasteiger partial charge in [0.15, 0.2) is 0 Å². The quantitative estimate of drug-likeness (QED) is 0.670. The first-order chi connectivity index (χ1) is 5.36. The fraction of sp³-hybridized carbons (Fsp3) is 0.444. The van der Waals surface area contributed by atoms with Crippen molar-refractivity contribution < 1.29 is 0 Å². The van der Waals surface area contributed by atoms with E-state index in [1.807, 2.05) is 12.3 Å².